The number of aromatic nitrogens is 2. The van der Waals surface area contributed by atoms with Crippen molar-refractivity contribution in [2.45, 2.75) is 25.8 Å². The molecular formula is C10H15N3S. The van der Waals surface area contributed by atoms with E-state index in [9.17, 15) is 0 Å². The fourth-order valence-corrected chi connectivity index (χ4v) is 2.16. The summed E-state index contributed by atoms with van der Waals surface area (Å²) in [6.45, 7) is 1.96. The van der Waals surface area contributed by atoms with Crippen molar-refractivity contribution in [3.8, 4) is 0 Å². The van der Waals surface area contributed by atoms with Gasteiger partial charge in [0.1, 0.15) is 0 Å². The molecule has 0 saturated heterocycles. The Labute approximate surface area is 88.4 Å². The van der Waals surface area contributed by atoms with E-state index < -0.39 is 0 Å². The van der Waals surface area contributed by atoms with Crippen LogP contribution in [0.4, 0.5) is 0 Å². The van der Waals surface area contributed by atoms with Gasteiger partial charge in [0.05, 0.1) is 5.69 Å². The standard InChI is InChI=1S/C10H15N3S/c1-2-4-9(5-3-1)6-11-7-10-8-14-13-12-10/h1-2,8-9,11H,3-7H2. The second kappa shape index (κ2) is 5.22. The molecular weight excluding hydrogens is 194 g/mol. The van der Waals surface area contributed by atoms with Crippen LogP contribution < -0.4 is 5.32 Å². The molecule has 0 fully saturated rings. The molecule has 0 saturated carbocycles. The SMILES string of the molecule is C1=CCC(CNCc2csnn2)CC1. The maximum Gasteiger partial charge on any atom is 0.0893 e. The van der Waals surface area contributed by atoms with Gasteiger partial charge in [-0.15, -0.1) is 5.10 Å². The van der Waals surface area contributed by atoms with Crippen molar-refractivity contribution < 1.29 is 0 Å². The van der Waals surface area contributed by atoms with Crippen LogP contribution in [0.2, 0.25) is 0 Å². The van der Waals surface area contributed by atoms with Gasteiger partial charge in [-0.05, 0) is 43.3 Å². The topological polar surface area (TPSA) is 37.8 Å². The Morgan fingerprint density at radius 3 is 3.21 bits per heavy atom. The van der Waals surface area contributed by atoms with E-state index in [2.05, 4.69) is 27.1 Å². The molecule has 76 valence electrons. The van der Waals surface area contributed by atoms with E-state index in [1.807, 2.05) is 5.38 Å². The van der Waals surface area contributed by atoms with Gasteiger partial charge in [-0.3, -0.25) is 0 Å². The van der Waals surface area contributed by atoms with E-state index in [0.29, 0.717) is 0 Å². The zero-order valence-electron chi connectivity index (χ0n) is 8.15. The van der Waals surface area contributed by atoms with Gasteiger partial charge in [-0.2, -0.15) is 0 Å². The summed E-state index contributed by atoms with van der Waals surface area (Å²) in [4.78, 5) is 0. The van der Waals surface area contributed by atoms with Gasteiger partial charge in [0.25, 0.3) is 0 Å². The van der Waals surface area contributed by atoms with Crippen molar-refractivity contribution in [1.82, 2.24) is 14.9 Å². The normalized spacial score (nSPS) is 21.3. The molecule has 1 unspecified atom stereocenters. The zero-order chi connectivity index (χ0) is 9.64. The highest BCUT2D eigenvalue weighted by atomic mass is 32.1. The Morgan fingerprint density at radius 1 is 1.50 bits per heavy atom. The summed E-state index contributed by atoms with van der Waals surface area (Å²) in [7, 11) is 0. The van der Waals surface area contributed by atoms with Crippen LogP contribution in [0.25, 0.3) is 0 Å². The average molecular weight is 209 g/mol. The lowest BCUT2D eigenvalue weighted by molar-refractivity contribution is 0.439. The quantitative estimate of drug-likeness (QED) is 0.771. The first-order valence-corrected chi connectivity index (χ1v) is 5.90. The van der Waals surface area contributed by atoms with E-state index in [1.165, 1.54) is 30.8 Å². The predicted molar refractivity (Wildman–Crippen MR) is 58.1 cm³/mol. The number of nitrogens with one attached hydrogen (secondary N) is 1. The number of hydrogen-bond donors (Lipinski definition) is 1. The largest absolute Gasteiger partial charge is 0.311 e. The summed E-state index contributed by atoms with van der Waals surface area (Å²) in [5.74, 6) is 0.812. The molecule has 2 rings (SSSR count). The molecule has 1 aromatic rings. The minimum absolute atomic E-state index is 0.812. The molecule has 14 heavy (non-hydrogen) atoms. The summed E-state index contributed by atoms with van der Waals surface area (Å²) < 4.78 is 3.83. The summed E-state index contributed by atoms with van der Waals surface area (Å²) >= 11 is 1.41. The molecule has 1 aromatic heterocycles. The average Bonchev–Trinajstić information content (AvgIpc) is 2.72. The van der Waals surface area contributed by atoms with Gasteiger partial charge in [-0.25, -0.2) is 0 Å². The third-order valence-electron chi connectivity index (χ3n) is 2.52. The highest BCUT2D eigenvalue weighted by Crippen LogP contribution is 2.16. The van der Waals surface area contributed by atoms with Crippen LogP contribution in [0.3, 0.4) is 0 Å². The molecule has 1 aliphatic carbocycles. The van der Waals surface area contributed by atoms with Crippen molar-refractivity contribution in [3.63, 3.8) is 0 Å². The molecule has 0 aromatic carbocycles. The predicted octanol–water partition coefficient (Wildman–Crippen LogP) is 1.98. The van der Waals surface area contributed by atoms with Crippen molar-refractivity contribution in [3.05, 3.63) is 23.2 Å². The van der Waals surface area contributed by atoms with Crippen molar-refractivity contribution >= 4 is 11.5 Å². The summed E-state index contributed by atoms with van der Waals surface area (Å²) in [6.07, 6.45) is 8.35. The maximum absolute atomic E-state index is 3.99. The van der Waals surface area contributed by atoms with Gasteiger partial charge >= 0.3 is 0 Å². The molecule has 1 atom stereocenters. The van der Waals surface area contributed by atoms with Crippen LogP contribution in [0, 0.1) is 5.92 Å². The Bertz CT molecular complexity index is 282. The first kappa shape index (κ1) is 9.80. The molecule has 1 aliphatic rings. The molecule has 0 amide bonds. The summed E-state index contributed by atoms with van der Waals surface area (Å²) in [5, 5.41) is 9.41. The molecule has 1 N–H and O–H groups in total. The molecule has 0 radical (unpaired) electrons. The third-order valence-corrected chi connectivity index (χ3v) is 3.08. The molecule has 0 aliphatic heterocycles. The van der Waals surface area contributed by atoms with Crippen molar-refractivity contribution in [1.29, 1.82) is 0 Å². The van der Waals surface area contributed by atoms with Crippen molar-refractivity contribution in [2.24, 2.45) is 5.92 Å². The Hall–Kier alpha value is -0.740. The number of hydrogen-bond acceptors (Lipinski definition) is 4. The highest BCUT2D eigenvalue weighted by Gasteiger charge is 2.08. The van der Waals surface area contributed by atoms with Gasteiger partial charge < -0.3 is 5.32 Å². The van der Waals surface area contributed by atoms with Crippen molar-refractivity contribution in [2.75, 3.05) is 6.54 Å². The molecule has 1 heterocycles. The summed E-state index contributed by atoms with van der Waals surface area (Å²) in [5.41, 5.74) is 1.06. The third kappa shape index (κ3) is 2.89. The van der Waals surface area contributed by atoms with Gasteiger partial charge in [-0.1, -0.05) is 16.6 Å². The molecule has 0 bridgehead atoms. The smallest absolute Gasteiger partial charge is 0.0893 e. The molecule has 0 spiro atoms. The lowest BCUT2D eigenvalue weighted by Crippen LogP contribution is -2.23. The van der Waals surface area contributed by atoms with Gasteiger partial charge in [0.15, 0.2) is 0 Å². The number of nitrogens with zero attached hydrogens (tertiary/aromatic N) is 2. The lowest BCUT2D eigenvalue weighted by atomic mass is 9.94. The van der Waals surface area contributed by atoms with Crippen LogP contribution in [-0.4, -0.2) is 16.1 Å². The fraction of sp³-hybridized carbons (Fsp3) is 0.600. The van der Waals surface area contributed by atoms with Crippen LogP contribution >= 0.6 is 11.5 Å². The maximum atomic E-state index is 3.99. The molecule has 3 nitrogen and oxygen atoms in total. The highest BCUT2D eigenvalue weighted by molar-refractivity contribution is 7.03. The second-order valence-corrected chi connectivity index (χ2v) is 4.29. The lowest BCUT2D eigenvalue weighted by Gasteiger charge is -2.17. The van der Waals surface area contributed by atoms with E-state index in [-0.39, 0.29) is 0 Å². The molecule has 4 heteroatoms. The van der Waals surface area contributed by atoms with Crippen LogP contribution in [0.15, 0.2) is 17.5 Å². The second-order valence-electron chi connectivity index (χ2n) is 3.68. The van der Waals surface area contributed by atoms with Crippen LogP contribution in [0.5, 0.6) is 0 Å². The Morgan fingerprint density at radius 2 is 2.50 bits per heavy atom. The summed E-state index contributed by atoms with van der Waals surface area (Å²) in [6, 6.07) is 0. The van der Waals surface area contributed by atoms with E-state index >= 15 is 0 Å². The van der Waals surface area contributed by atoms with E-state index in [0.717, 1.165) is 24.7 Å². The Kier molecular flexibility index (Phi) is 3.65. The first-order chi connectivity index (χ1) is 6.95. The minimum atomic E-state index is 0.812. The monoisotopic (exact) mass is 209 g/mol. The van der Waals surface area contributed by atoms with E-state index in [4.69, 9.17) is 0 Å². The minimum Gasteiger partial charge on any atom is -0.311 e. The fourth-order valence-electron chi connectivity index (χ4n) is 1.71. The number of allylic oxidation sites excluding steroid dienone is 2. The zero-order valence-corrected chi connectivity index (χ0v) is 8.96. The first-order valence-electron chi connectivity index (χ1n) is 5.07. The van der Waals surface area contributed by atoms with E-state index in [1.54, 1.807) is 0 Å². The van der Waals surface area contributed by atoms with Gasteiger partial charge in [0, 0.05) is 11.9 Å². The van der Waals surface area contributed by atoms with Crippen LogP contribution in [-0.2, 0) is 6.54 Å². The number of rotatable bonds is 4. The van der Waals surface area contributed by atoms with Crippen LogP contribution in [0.1, 0.15) is 25.0 Å². The Balaban J connectivity index is 1.65. The van der Waals surface area contributed by atoms with Gasteiger partial charge in [0.2, 0.25) is 0 Å².